The third-order valence-electron chi connectivity index (χ3n) is 4.45. The predicted octanol–water partition coefficient (Wildman–Crippen LogP) is 1.00. The molecule has 0 heterocycles. The fraction of sp³-hybridized carbons (Fsp3) is 1.00. The summed E-state index contributed by atoms with van der Waals surface area (Å²) < 4.78 is 0. The minimum Gasteiger partial charge on any atom is -0.396 e. The average Bonchev–Trinajstić information content (AvgIpc) is 2.58. The van der Waals surface area contributed by atoms with E-state index in [1.807, 2.05) is 0 Å². The van der Waals surface area contributed by atoms with Crippen LogP contribution in [0.4, 0.5) is 0 Å². The maximum atomic E-state index is 8.68. The molecule has 0 aliphatic heterocycles. The smallest absolute Gasteiger partial charge is 0.0443 e. The Balaban J connectivity index is 1.50. The molecule has 2 nitrogen and oxygen atoms in total. The van der Waals surface area contributed by atoms with Gasteiger partial charge in [0.15, 0.2) is 0 Å². The lowest BCUT2D eigenvalue weighted by molar-refractivity contribution is 0.284. The maximum Gasteiger partial charge on any atom is 0.0443 e. The van der Waals surface area contributed by atoms with Crippen molar-refractivity contribution in [3.63, 3.8) is 0 Å². The van der Waals surface area contributed by atoms with E-state index in [4.69, 9.17) is 5.11 Å². The Hall–Kier alpha value is -0.0800. The quantitative estimate of drug-likeness (QED) is 0.634. The molecule has 13 heavy (non-hydrogen) atoms. The summed E-state index contributed by atoms with van der Waals surface area (Å²) in [7, 11) is 0. The Labute approximate surface area is 79.7 Å². The molecule has 0 aromatic carbocycles. The normalized spacial score (nSPS) is 51.0. The fourth-order valence-corrected chi connectivity index (χ4v) is 3.95. The summed E-state index contributed by atoms with van der Waals surface area (Å²) >= 11 is 0. The Morgan fingerprint density at radius 1 is 1.15 bits per heavy atom. The Morgan fingerprint density at radius 3 is 2.46 bits per heavy atom. The highest BCUT2D eigenvalue weighted by Gasteiger charge is 2.64. The third-order valence-corrected chi connectivity index (χ3v) is 4.45. The van der Waals surface area contributed by atoms with Crippen LogP contribution in [-0.2, 0) is 0 Å². The number of fused-ring (bicyclic) bond motifs is 5. The first-order valence-electron chi connectivity index (χ1n) is 5.76. The van der Waals surface area contributed by atoms with Crippen LogP contribution in [0.1, 0.15) is 25.7 Å². The standard InChI is InChI=1S/C11H19NO/c13-5-1-4-12-11-9-7-2-3-8(6-7)10(9)11/h7-13H,1-6H2. The molecule has 4 unspecified atom stereocenters. The number of rotatable bonds is 4. The minimum absolute atomic E-state index is 0.335. The summed E-state index contributed by atoms with van der Waals surface area (Å²) in [5.41, 5.74) is 0. The number of aliphatic hydroxyl groups excluding tert-OH is 1. The highest BCUT2D eigenvalue weighted by atomic mass is 16.3. The van der Waals surface area contributed by atoms with Crippen LogP contribution in [0, 0.1) is 23.7 Å². The van der Waals surface area contributed by atoms with Gasteiger partial charge in [-0.2, -0.15) is 0 Å². The molecule has 3 saturated carbocycles. The van der Waals surface area contributed by atoms with Crippen molar-refractivity contribution in [2.75, 3.05) is 13.2 Å². The lowest BCUT2D eigenvalue weighted by Gasteiger charge is -2.09. The predicted molar refractivity (Wildman–Crippen MR) is 51.3 cm³/mol. The molecule has 0 spiro atoms. The summed E-state index contributed by atoms with van der Waals surface area (Å²) in [6.07, 6.45) is 5.47. The van der Waals surface area contributed by atoms with E-state index in [-0.39, 0.29) is 0 Å². The Morgan fingerprint density at radius 2 is 1.85 bits per heavy atom. The topological polar surface area (TPSA) is 32.3 Å². The van der Waals surface area contributed by atoms with Gasteiger partial charge in [0, 0.05) is 12.6 Å². The second-order valence-electron chi connectivity index (χ2n) is 5.04. The zero-order chi connectivity index (χ0) is 8.84. The van der Waals surface area contributed by atoms with E-state index < -0.39 is 0 Å². The van der Waals surface area contributed by atoms with Crippen LogP contribution in [0.15, 0.2) is 0 Å². The molecule has 4 atom stereocenters. The molecule has 3 rings (SSSR count). The lowest BCUT2D eigenvalue weighted by atomic mass is 10.0. The van der Waals surface area contributed by atoms with E-state index in [1.54, 1.807) is 0 Å². The molecule has 3 aliphatic carbocycles. The van der Waals surface area contributed by atoms with Gasteiger partial charge in [-0.25, -0.2) is 0 Å². The third kappa shape index (κ3) is 1.15. The first-order chi connectivity index (χ1) is 6.42. The van der Waals surface area contributed by atoms with Gasteiger partial charge >= 0.3 is 0 Å². The van der Waals surface area contributed by atoms with Crippen LogP contribution in [-0.4, -0.2) is 24.3 Å². The molecule has 0 amide bonds. The van der Waals surface area contributed by atoms with E-state index in [0.717, 1.165) is 42.7 Å². The van der Waals surface area contributed by atoms with Gasteiger partial charge in [-0.15, -0.1) is 0 Å². The van der Waals surface area contributed by atoms with E-state index >= 15 is 0 Å². The van der Waals surface area contributed by atoms with Crippen molar-refractivity contribution in [2.24, 2.45) is 23.7 Å². The first kappa shape index (κ1) is 8.25. The van der Waals surface area contributed by atoms with Crippen LogP contribution < -0.4 is 5.32 Å². The zero-order valence-electron chi connectivity index (χ0n) is 8.08. The number of nitrogens with one attached hydrogen (secondary N) is 1. The fourth-order valence-electron chi connectivity index (χ4n) is 3.95. The second-order valence-corrected chi connectivity index (χ2v) is 5.04. The Kier molecular flexibility index (Phi) is 1.88. The molecule has 0 aromatic heterocycles. The molecular weight excluding hydrogens is 162 g/mol. The summed E-state index contributed by atoms with van der Waals surface area (Å²) in [5.74, 6) is 4.22. The van der Waals surface area contributed by atoms with Crippen LogP contribution in [0.25, 0.3) is 0 Å². The molecule has 0 saturated heterocycles. The van der Waals surface area contributed by atoms with Crippen molar-refractivity contribution in [3.8, 4) is 0 Å². The van der Waals surface area contributed by atoms with Gasteiger partial charge in [0.25, 0.3) is 0 Å². The first-order valence-corrected chi connectivity index (χ1v) is 5.76. The zero-order valence-corrected chi connectivity index (χ0v) is 8.08. The van der Waals surface area contributed by atoms with Gasteiger partial charge in [-0.05, 0) is 55.9 Å². The largest absolute Gasteiger partial charge is 0.396 e. The highest BCUT2D eigenvalue weighted by molar-refractivity contribution is 5.16. The number of hydrogen-bond acceptors (Lipinski definition) is 2. The van der Waals surface area contributed by atoms with Crippen molar-refractivity contribution in [1.82, 2.24) is 5.32 Å². The van der Waals surface area contributed by atoms with Gasteiger partial charge in [0.05, 0.1) is 0 Å². The van der Waals surface area contributed by atoms with Crippen LogP contribution in [0.2, 0.25) is 0 Å². The van der Waals surface area contributed by atoms with Crippen molar-refractivity contribution in [1.29, 1.82) is 0 Å². The second kappa shape index (κ2) is 2.96. The van der Waals surface area contributed by atoms with Crippen LogP contribution in [0.5, 0.6) is 0 Å². The van der Waals surface area contributed by atoms with Gasteiger partial charge < -0.3 is 10.4 Å². The van der Waals surface area contributed by atoms with Crippen LogP contribution >= 0.6 is 0 Å². The van der Waals surface area contributed by atoms with Crippen molar-refractivity contribution in [3.05, 3.63) is 0 Å². The molecular formula is C11H19NO. The lowest BCUT2D eigenvalue weighted by Crippen LogP contribution is -2.24. The van der Waals surface area contributed by atoms with Gasteiger partial charge in [-0.1, -0.05) is 0 Å². The minimum atomic E-state index is 0.335. The molecule has 2 heteroatoms. The van der Waals surface area contributed by atoms with Gasteiger partial charge in [0.1, 0.15) is 0 Å². The number of hydrogen-bond donors (Lipinski definition) is 2. The van der Waals surface area contributed by atoms with Gasteiger partial charge in [0.2, 0.25) is 0 Å². The van der Waals surface area contributed by atoms with E-state index in [2.05, 4.69) is 5.32 Å². The van der Waals surface area contributed by atoms with Gasteiger partial charge in [-0.3, -0.25) is 0 Å². The molecule has 74 valence electrons. The summed E-state index contributed by atoms with van der Waals surface area (Å²) in [6.45, 7) is 1.36. The molecule has 3 fully saturated rings. The molecule has 0 radical (unpaired) electrons. The maximum absolute atomic E-state index is 8.68. The summed E-state index contributed by atoms with van der Waals surface area (Å²) in [4.78, 5) is 0. The highest BCUT2D eigenvalue weighted by Crippen LogP contribution is 2.65. The van der Waals surface area contributed by atoms with Crippen molar-refractivity contribution < 1.29 is 5.11 Å². The summed E-state index contributed by atoms with van der Waals surface area (Å²) in [6, 6.07) is 0.845. The molecule has 0 aromatic rings. The average molecular weight is 181 g/mol. The SMILES string of the molecule is OCCCNC1C2C3CCC(C3)C12. The Bertz CT molecular complexity index is 190. The number of aliphatic hydroxyl groups is 1. The molecule has 2 N–H and O–H groups in total. The van der Waals surface area contributed by atoms with E-state index in [0.29, 0.717) is 6.61 Å². The van der Waals surface area contributed by atoms with Crippen molar-refractivity contribution >= 4 is 0 Å². The monoisotopic (exact) mass is 181 g/mol. The molecule has 3 aliphatic rings. The van der Waals surface area contributed by atoms with E-state index in [9.17, 15) is 0 Å². The van der Waals surface area contributed by atoms with Crippen molar-refractivity contribution in [2.45, 2.75) is 31.7 Å². The van der Waals surface area contributed by atoms with E-state index in [1.165, 1.54) is 19.3 Å². The summed E-state index contributed by atoms with van der Waals surface area (Å²) in [5, 5.41) is 12.3. The molecule has 2 bridgehead atoms. The van der Waals surface area contributed by atoms with Crippen LogP contribution in [0.3, 0.4) is 0 Å².